The minimum atomic E-state index is -4.52. The molecule has 5 heterocycles. The number of morpholine rings is 1. The molecular formula is C25H33F3N10O3. The van der Waals surface area contributed by atoms with E-state index in [1.54, 1.807) is 0 Å². The molecule has 0 bridgehead atoms. The molecule has 222 valence electrons. The first-order chi connectivity index (χ1) is 19.4. The Bertz CT molecular complexity index is 1380. The van der Waals surface area contributed by atoms with Crippen LogP contribution in [0.4, 0.5) is 35.7 Å². The quantitative estimate of drug-likeness (QED) is 0.447. The van der Waals surface area contributed by atoms with E-state index in [4.69, 9.17) is 9.72 Å². The molecule has 2 aliphatic heterocycles. The van der Waals surface area contributed by atoms with Crippen LogP contribution >= 0.6 is 0 Å². The lowest BCUT2D eigenvalue weighted by Gasteiger charge is -2.28. The molecule has 13 nitrogen and oxygen atoms in total. The summed E-state index contributed by atoms with van der Waals surface area (Å²) in [6.07, 6.45) is -2.95. The van der Waals surface area contributed by atoms with Crippen molar-refractivity contribution in [1.29, 1.82) is 0 Å². The fourth-order valence-electron chi connectivity index (χ4n) is 4.80. The van der Waals surface area contributed by atoms with Gasteiger partial charge >= 0.3 is 12.3 Å². The van der Waals surface area contributed by atoms with E-state index in [-0.39, 0.29) is 40.8 Å². The molecule has 2 N–H and O–H groups in total. The molecule has 2 aliphatic rings. The number of ether oxygens (including phenoxy) is 1. The van der Waals surface area contributed by atoms with E-state index in [1.165, 1.54) is 12.4 Å². The van der Waals surface area contributed by atoms with Crippen LogP contribution in [0, 0.1) is 5.41 Å². The summed E-state index contributed by atoms with van der Waals surface area (Å²) in [7, 11) is 0. The van der Waals surface area contributed by atoms with Crippen molar-refractivity contribution in [1.82, 2.24) is 34.8 Å². The molecule has 0 aliphatic carbocycles. The molecule has 41 heavy (non-hydrogen) atoms. The third-order valence-electron chi connectivity index (χ3n) is 6.61. The minimum Gasteiger partial charge on any atom is -0.465 e. The predicted molar refractivity (Wildman–Crippen MR) is 145 cm³/mol. The number of carboxylic acid groups (broad SMARTS) is 1. The highest BCUT2D eigenvalue weighted by molar-refractivity contribution is 5.88. The van der Waals surface area contributed by atoms with Gasteiger partial charge in [-0.25, -0.2) is 34.6 Å². The number of anilines is 3. The van der Waals surface area contributed by atoms with Gasteiger partial charge in [0.1, 0.15) is 6.54 Å². The molecule has 2 saturated heterocycles. The fraction of sp³-hybridized carbons (Fsp3) is 0.600. The lowest BCUT2D eigenvalue weighted by molar-refractivity contribution is -0.139. The third-order valence-corrected chi connectivity index (χ3v) is 6.61. The molecule has 3 aromatic heterocycles. The molecule has 3 aromatic rings. The average molecular weight is 579 g/mol. The molecule has 16 heteroatoms. The Morgan fingerprint density at radius 1 is 1.02 bits per heavy atom. The average Bonchev–Trinajstić information content (AvgIpc) is 3.28. The molecular weight excluding hydrogens is 545 g/mol. The summed E-state index contributed by atoms with van der Waals surface area (Å²) >= 11 is 0. The molecule has 0 unspecified atom stereocenters. The van der Waals surface area contributed by atoms with E-state index in [9.17, 15) is 23.1 Å². The Labute approximate surface area is 234 Å². The number of halogens is 3. The van der Waals surface area contributed by atoms with Gasteiger partial charge in [-0.2, -0.15) is 13.2 Å². The highest BCUT2D eigenvalue weighted by atomic mass is 19.4. The Morgan fingerprint density at radius 3 is 2.27 bits per heavy atom. The van der Waals surface area contributed by atoms with E-state index in [2.05, 4.69) is 25.3 Å². The van der Waals surface area contributed by atoms with Crippen molar-refractivity contribution in [3.63, 3.8) is 0 Å². The molecule has 0 aromatic carbocycles. The van der Waals surface area contributed by atoms with Crippen LogP contribution in [0.5, 0.6) is 0 Å². The van der Waals surface area contributed by atoms with E-state index in [0.717, 1.165) is 9.47 Å². The second-order valence-electron chi connectivity index (χ2n) is 11.2. The van der Waals surface area contributed by atoms with Gasteiger partial charge in [-0.1, -0.05) is 20.8 Å². The summed E-state index contributed by atoms with van der Waals surface area (Å²) in [5.41, 5.74) is 0.301. The maximum Gasteiger partial charge on any atom is 0.414 e. The van der Waals surface area contributed by atoms with Gasteiger partial charge in [0.2, 0.25) is 11.9 Å². The van der Waals surface area contributed by atoms with Crippen molar-refractivity contribution < 1.29 is 27.8 Å². The van der Waals surface area contributed by atoms with Crippen LogP contribution < -0.4 is 20.0 Å². The first-order valence-corrected chi connectivity index (χ1v) is 13.4. The van der Waals surface area contributed by atoms with Gasteiger partial charge in [-0.05, 0) is 5.41 Å². The van der Waals surface area contributed by atoms with Crippen LogP contribution in [0.1, 0.15) is 20.8 Å². The highest BCUT2D eigenvalue weighted by Gasteiger charge is 2.34. The monoisotopic (exact) mass is 578 g/mol. The van der Waals surface area contributed by atoms with Crippen molar-refractivity contribution in [3.05, 3.63) is 12.4 Å². The molecule has 0 saturated carbocycles. The zero-order chi connectivity index (χ0) is 29.4. The summed E-state index contributed by atoms with van der Waals surface area (Å²) in [5.74, 6) is 0.674. The van der Waals surface area contributed by atoms with Crippen LogP contribution in [0.3, 0.4) is 0 Å². The normalized spacial score (nSPS) is 16.8. The maximum absolute atomic E-state index is 13.9. The van der Waals surface area contributed by atoms with Crippen LogP contribution in [-0.4, -0.2) is 106 Å². The zero-order valence-corrected chi connectivity index (χ0v) is 23.1. The van der Waals surface area contributed by atoms with E-state index in [1.807, 2.05) is 30.6 Å². The van der Waals surface area contributed by atoms with Crippen LogP contribution in [0.2, 0.25) is 0 Å². The number of piperazine rings is 1. The fourth-order valence-corrected chi connectivity index (χ4v) is 4.80. The molecule has 5 rings (SSSR count). The number of amides is 1. The van der Waals surface area contributed by atoms with Gasteiger partial charge in [0.15, 0.2) is 22.8 Å². The topological polar surface area (TPSA) is 138 Å². The van der Waals surface area contributed by atoms with Crippen molar-refractivity contribution in [2.75, 3.05) is 73.7 Å². The summed E-state index contributed by atoms with van der Waals surface area (Å²) in [6.45, 7) is 8.66. The zero-order valence-electron chi connectivity index (χ0n) is 23.1. The van der Waals surface area contributed by atoms with Crippen LogP contribution in [0.25, 0.3) is 22.6 Å². The predicted octanol–water partition coefficient (Wildman–Crippen LogP) is 2.62. The number of imidazole rings is 1. The van der Waals surface area contributed by atoms with Crippen molar-refractivity contribution in [2.24, 2.45) is 5.41 Å². The van der Waals surface area contributed by atoms with Gasteiger partial charge in [0.25, 0.3) is 0 Å². The van der Waals surface area contributed by atoms with Gasteiger partial charge in [-0.15, -0.1) is 0 Å². The maximum atomic E-state index is 13.9. The number of nitrogens with one attached hydrogen (secondary N) is 1. The van der Waals surface area contributed by atoms with E-state index < -0.39 is 18.8 Å². The Kier molecular flexibility index (Phi) is 7.87. The first kappa shape index (κ1) is 28.7. The molecule has 0 atom stereocenters. The second-order valence-corrected chi connectivity index (χ2v) is 11.2. The molecule has 0 spiro atoms. The van der Waals surface area contributed by atoms with Crippen molar-refractivity contribution in [2.45, 2.75) is 33.5 Å². The largest absolute Gasteiger partial charge is 0.465 e. The lowest BCUT2D eigenvalue weighted by Crippen LogP contribution is -2.45. The van der Waals surface area contributed by atoms with Crippen LogP contribution in [-0.2, 0) is 11.3 Å². The van der Waals surface area contributed by atoms with Gasteiger partial charge in [-0.3, -0.25) is 4.57 Å². The van der Waals surface area contributed by atoms with Gasteiger partial charge < -0.3 is 25.0 Å². The Balaban J connectivity index is 1.63. The third kappa shape index (κ3) is 6.59. The number of hydrogen-bond acceptors (Lipinski definition) is 10. The Morgan fingerprint density at radius 2 is 1.68 bits per heavy atom. The molecule has 2 fully saturated rings. The lowest BCUT2D eigenvalue weighted by atomic mass is 9.96. The summed E-state index contributed by atoms with van der Waals surface area (Å²) in [5, 5.41) is 12.9. The number of aromatic nitrogens is 6. The number of nitrogens with zero attached hydrogens (tertiary/aromatic N) is 9. The smallest absolute Gasteiger partial charge is 0.414 e. The summed E-state index contributed by atoms with van der Waals surface area (Å²) in [6, 6.07) is 0. The van der Waals surface area contributed by atoms with Crippen LogP contribution in [0.15, 0.2) is 12.4 Å². The Hall–Kier alpha value is -3.79. The number of hydrogen-bond donors (Lipinski definition) is 2. The van der Waals surface area contributed by atoms with Crippen molar-refractivity contribution in [3.8, 4) is 11.4 Å². The number of alkyl halides is 3. The number of carbonyl (C=O) groups is 1. The van der Waals surface area contributed by atoms with Crippen molar-refractivity contribution >= 4 is 35.0 Å². The first-order valence-electron chi connectivity index (χ1n) is 13.4. The molecule has 0 radical (unpaired) electrons. The summed E-state index contributed by atoms with van der Waals surface area (Å²) in [4.78, 5) is 39.1. The SMILES string of the molecule is CC(C)(C)CN(C(=O)O)c1ncc(-c2nc(N3CCOCC3)c3nc(N4CCNCC4)n(CC(F)(F)F)c3n2)cn1. The summed E-state index contributed by atoms with van der Waals surface area (Å²) < 4.78 is 48.1. The highest BCUT2D eigenvalue weighted by Crippen LogP contribution is 2.33. The van der Waals surface area contributed by atoms with Gasteiger partial charge in [0, 0.05) is 58.2 Å². The van der Waals surface area contributed by atoms with E-state index >= 15 is 0 Å². The standard InChI is InChI=1S/C25H33F3N10O3/c1-24(2,3)14-38(23(39)40)21-30-12-16(13-31-21)18-33-19(35-8-10-41-11-9-35)17-20(34-18)37(15-25(26,27)28)22(32-17)36-6-4-29-5-7-36/h12-13,29H,4-11,14-15H2,1-3H3,(H,39,40). The number of rotatable bonds is 6. The molecule has 1 amide bonds. The number of fused-ring (bicyclic) bond motifs is 1. The van der Waals surface area contributed by atoms with Gasteiger partial charge in [0.05, 0.1) is 18.8 Å². The second kappa shape index (κ2) is 11.2. The van der Waals surface area contributed by atoms with E-state index in [0.29, 0.717) is 63.9 Å². The minimum absolute atomic E-state index is 0.0197.